The maximum absolute atomic E-state index is 13.1. The van der Waals surface area contributed by atoms with Gasteiger partial charge in [-0.2, -0.15) is 0 Å². The van der Waals surface area contributed by atoms with Crippen LogP contribution in [0.2, 0.25) is 0 Å². The van der Waals surface area contributed by atoms with Gasteiger partial charge in [-0.1, -0.05) is 25.5 Å². The molecule has 2 aromatic heterocycles. The van der Waals surface area contributed by atoms with E-state index in [0.29, 0.717) is 0 Å². The average Bonchev–Trinajstić information content (AvgIpc) is 2.93. The number of aromatic nitrogens is 2. The van der Waals surface area contributed by atoms with Crippen molar-refractivity contribution >= 4 is 27.4 Å². The van der Waals surface area contributed by atoms with E-state index in [0.717, 1.165) is 46.5 Å². The SMILES string of the molecule is CCCCNc1ncnc2scc(-c3ccc(F)cc3)c12. The summed E-state index contributed by atoms with van der Waals surface area (Å²) in [6.45, 7) is 3.05. The zero-order valence-electron chi connectivity index (χ0n) is 11.8. The van der Waals surface area contributed by atoms with Crippen molar-refractivity contribution in [2.45, 2.75) is 19.8 Å². The Morgan fingerprint density at radius 1 is 1.19 bits per heavy atom. The Labute approximate surface area is 126 Å². The molecule has 0 aliphatic carbocycles. The van der Waals surface area contributed by atoms with Gasteiger partial charge in [0.2, 0.25) is 0 Å². The molecule has 0 aliphatic rings. The van der Waals surface area contributed by atoms with Crippen molar-refractivity contribution in [1.82, 2.24) is 9.97 Å². The van der Waals surface area contributed by atoms with Gasteiger partial charge >= 0.3 is 0 Å². The monoisotopic (exact) mass is 301 g/mol. The second-order valence-electron chi connectivity index (χ2n) is 4.84. The molecule has 0 amide bonds. The van der Waals surface area contributed by atoms with Crippen LogP contribution in [0.15, 0.2) is 36.0 Å². The highest BCUT2D eigenvalue weighted by Gasteiger charge is 2.12. The van der Waals surface area contributed by atoms with E-state index < -0.39 is 0 Å². The van der Waals surface area contributed by atoms with Crippen molar-refractivity contribution in [3.8, 4) is 11.1 Å². The minimum absolute atomic E-state index is 0.226. The molecule has 108 valence electrons. The minimum Gasteiger partial charge on any atom is -0.369 e. The Kier molecular flexibility index (Phi) is 4.10. The smallest absolute Gasteiger partial charge is 0.138 e. The van der Waals surface area contributed by atoms with E-state index in [1.807, 2.05) is 0 Å². The molecule has 0 fully saturated rings. The summed E-state index contributed by atoms with van der Waals surface area (Å²) in [5.74, 6) is 0.629. The molecule has 0 unspecified atom stereocenters. The summed E-state index contributed by atoms with van der Waals surface area (Å²) in [4.78, 5) is 9.64. The van der Waals surface area contributed by atoms with Gasteiger partial charge in [-0.25, -0.2) is 14.4 Å². The Hall–Kier alpha value is -2.01. The van der Waals surface area contributed by atoms with Crippen molar-refractivity contribution in [2.75, 3.05) is 11.9 Å². The Morgan fingerprint density at radius 2 is 2.00 bits per heavy atom. The van der Waals surface area contributed by atoms with Crippen LogP contribution in [-0.4, -0.2) is 16.5 Å². The lowest BCUT2D eigenvalue weighted by molar-refractivity contribution is 0.628. The molecule has 1 N–H and O–H groups in total. The number of unbranched alkanes of at least 4 members (excludes halogenated alkanes) is 1. The van der Waals surface area contributed by atoms with Crippen molar-refractivity contribution in [3.05, 3.63) is 41.8 Å². The van der Waals surface area contributed by atoms with Crippen LogP contribution in [0.25, 0.3) is 21.3 Å². The Balaban J connectivity index is 2.04. The topological polar surface area (TPSA) is 37.8 Å². The van der Waals surface area contributed by atoms with Crippen LogP contribution < -0.4 is 5.32 Å². The molecule has 1 aromatic carbocycles. The number of rotatable bonds is 5. The average molecular weight is 301 g/mol. The van der Waals surface area contributed by atoms with E-state index in [2.05, 4.69) is 27.6 Å². The van der Waals surface area contributed by atoms with E-state index in [4.69, 9.17) is 0 Å². The first-order valence-electron chi connectivity index (χ1n) is 7.01. The number of nitrogens with zero attached hydrogens (tertiary/aromatic N) is 2. The predicted octanol–water partition coefficient (Wildman–Crippen LogP) is 4.71. The molecule has 2 heterocycles. The van der Waals surface area contributed by atoms with Crippen molar-refractivity contribution in [2.24, 2.45) is 0 Å². The second kappa shape index (κ2) is 6.18. The van der Waals surface area contributed by atoms with Crippen LogP contribution in [-0.2, 0) is 0 Å². The van der Waals surface area contributed by atoms with Gasteiger partial charge in [-0.05, 0) is 24.1 Å². The molecule has 5 heteroatoms. The molecular weight excluding hydrogens is 285 g/mol. The Morgan fingerprint density at radius 3 is 2.76 bits per heavy atom. The van der Waals surface area contributed by atoms with Crippen LogP contribution in [0.4, 0.5) is 10.2 Å². The van der Waals surface area contributed by atoms with E-state index in [1.54, 1.807) is 29.8 Å². The second-order valence-corrected chi connectivity index (χ2v) is 5.70. The maximum Gasteiger partial charge on any atom is 0.138 e. The highest BCUT2D eigenvalue weighted by molar-refractivity contribution is 7.17. The largest absolute Gasteiger partial charge is 0.369 e. The maximum atomic E-state index is 13.1. The number of fused-ring (bicyclic) bond motifs is 1. The molecule has 0 spiro atoms. The zero-order chi connectivity index (χ0) is 14.7. The van der Waals surface area contributed by atoms with Crippen LogP contribution in [0.5, 0.6) is 0 Å². The summed E-state index contributed by atoms with van der Waals surface area (Å²) < 4.78 is 13.1. The highest BCUT2D eigenvalue weighted by Crippen LogP contribution is 2.36. The first kappa shape index (κ1) is 13.9. The lowest BCUT2D eigenvalue weighted by Gasteiger charge is -2.07. The number of nitrogens with one attached hydrogen (secondary N) is 1. The molecule has 0 aliphatic heterocycles. The molecule has 0 radical (unpaired) electrons. The number of hydrogen-bond donors (Lipinski definition) is 1. The van der Waals surface area contributed by atoms with Crippen molar-refractivity contribution in [3.63, 3.8) is 0 Å². The summed E-state index contributed by atoms with van der Waals surface area (Å²) in [5, 5.41) is 6.45. The van der Waals surface area contributed by atoms with E-state index >= 15 is 0 Å². The fraction of sp³-hybridized carbons (Fsp3) is 0.250. The number of anilines is 1. The molecule has 21 heavy (non-hydrogen) atoms. The van der Waals surface area contributed by atoms with Crippen molar-refractivity contribution < 1.29 is 4.39 Å². The third-order valence-corrected chi connectivity index (χ3v) is 4.23. The normalized spacial score (nSPS) is 11.0. The molecule has 0 bridgehead atoms. The highest BCUT2D eigenvalue weighted by atomic mass is 32.1. The lowest BCUT2D eigenvalue weighted by atomic mass is 10.1. The molecule has 0 saturated carbocycles. The van der Waals surface area contributed by atoms with Gasteiger partial charge in [-0.3, -0.25) is 0 Å². The first-order chi connectivity index (χ1) is 10.3. The molecular formula is C16H16FN3S. The number of hydrogen-bond acceptors (Lipinski definition) is 4. The molecule has 0 atom stereocenters. The van der Waals surface area contributed by atoms with Gasteiger partial charge in [0.15, 0.2) is 0 Å². The number of halogens is 1. The van der Waals surface area contributed by atoms with Gasteiger partial charge in [0.25, 0.3) is 0 Å². The third kappa shape index (κ3) is 2.88. The molecule has 3 aromatic rings. The molecule has 3 nitrogen and oxygen atoms in total. The number of benzene rings is 1. The van der Waals surface area contributed by atoms with E-state index in [1.165, 1.54) is 12.1 Å². The van der Waals surface area contributed by atoms with Gasteiger partial charge < -0.3 is 5.32 Å². The van der Waals surface area contributed by atoms with Gasteiger partial charge in [0.1, 0.15) is 22.8 Å². The van der Waals surface area contributed by atoms with Crippen LogP contribution in [0.1, 0.15) is 19.8 Å². The standard InChI is InChI=1S/C16H16FN3S/c1-2-3-8-18-15-14-13(9-21-16(14)20-10-19-15)11-4-6-12(17)7-5-11/h4-7,9-10H,2-3,8H2,1H3,(H,18,19,20). The summed E-state index contributed by atoms with van der Waals surface area (Å²) in [6.07, 6.45) is 3.82. The summed E-state index contributed by atoms with van der Waals surface area (Å²) in [7, 11) is 0. The minimum atomic E-state index is -0.226. The molecule has 3 rings (SSSR count). The first-order valence-corrected chi connectivity index (χ1v) is 7.89. The Bertz CT molecular complexity index is 737. The predicted molar refractivity (Wildman–Crippen MR) is 86.2 cm³/mol. The summed E-state index contributed by atoms with van der Waals surface area (Å²) in [5.41, 5.74) is 2.03. The van der Waals surface area contributed by atoms with Crippen LogP contribution in [0, 0.1) is 5.82 Å². The van der Waals surface area contributed by atoms with Gasteiger partial charge in [-0.15, -0.1) is 11.3 Å². The number of thiophene rings is 1. The quantitative estimate of drug-likeness (QED) is 0.694. The lowest BCUT2D eigenvalue weighted by Crippen LogP contribution is -2.03. The van der Waals surface area contributed by atoms with Gasteiger partial charge in [0, 0.05) is 17.5 Å². The van der Waals surface area contributed by atoms with Crippen LogP contribution >= 0.6 is 11.3 Å². The van der Waals surface area contributed by atoms with E-state index in [-0.39, 0.29) is 5.82 Å². The van der Waals surface area contributed by atoms with Crippen molar-refractivity contribution in [1.29, 1.82) is 0 Å². The molecule has 0 saturated heterocycles. The summed E-state index contributed by atoms with van der Waals surface area (Å²) in [6, 6.07) is 6.54. The fourth-order valence-electron chi connectivity index (χ4n) is 2.23. The third-order valence-electron chi connectivity index (χ3n) is 3.35. The summed E-state index contributed by atoms with van der Waals surface area (Å²) >= 11 is 1.58. The van der Waals surface area contributed by atoms with Gasteiger partial charge in [0.05, 0.1) is 5.39 Å². The fourth-order valence-corrected chi connectivity index (χ4v) is 3.15. The van der Waals surface area contributed by atoms with E-state index in [9.17, 15) is 4.39 Å². The van der Waals surface area contributed by atoms with Crippen LogP contribution in [0.3, 0.4) is 0 Å². The zero-order valence-corrected chi connectivity index (χ0v) is 12.6.